The summed E-state index contributed by atoms with van der Waals surface area (Å²) in [5, 5.41) is 5.15. The lowest BCUT2D eigenvalue weighted by Gasteiger charge is -2.42. The van der Waals surface area contributed by atoms with Crippen molar-refractivity contribution >= 4 is 23.2 Å². The van der Waals surface area contributed by atoms with Gasteiger partial charge in [-0.3, -0.25) is 9.59 Å². The Morgan fingerprint density at radius 2 is 1.81 bits per heavy atom. The first-order chi connectivity index (χ1) is 15.0. The fourth-order valence-electron chi connectivity index (χ4n) is 4.25. The molecule has 2 atom stereocenters. The zero-order chi connectivity index (χ0) is 22.0. The highest BCUT2D eigenvalue weighted by Crippen LogP contribution is 2.44. The standard InChI is InChI=1S/C26H28N2O2S/c1-17(2)16-28-24(22-9-6-14-31-22)23(20-7-4-5-8-21(20)26(28)30)25(29)27-15-19-12-10-18(3)11-13-19/h4-14,17,23-24H,15-16H2,1-3H3,(H,27,29)/t23-,24+/m0/s1. The van der Waals surface area contributed by atoms with Crippen LogP contribution in [0.15, 0.2) is 66.0 Å². The number of benzene rings is 2. The van der Waals surface area contributed by atoms with Crippen LogP contribution in [0.2, 0.25) is 0 Å². The van der Waals surface area contributed by atoms with Crippen molar-refractivity contribution in [3.05, 3.63) is 93.2 Å². The largest absolute Gasteiger partial charge is 0.351 e. The van der Waals surface area contributed by atoms with E-state index in [1.165, 1.54) is 5.56 Å². The molecule has 2 amide bonds. The molecule has 0 unspecified atom stereocenters. The Labute approximate surface area is 187 Å². The molecule has 4 rings (SSSR count). The van der Waals surface area contributed by atoms with E-state index in [2.05, 4.69) is 31.3 Å². The van der Waals surface area contributed by atoms with Gasteiger partial charge in [0, 0.05) is 23.5 Å². The fourth-order valence-corrected chi connectivity index (χ4v) is 5.13. The third kappa shape index (κ3) is 4.42. The lowest BCUT2D eigenvalue weighted by molar-refractivity contribution is -0.124. The molecule has 0 aliphatic carbocycles. The molecule has 2 aromatic carbocycles. The Morgan fingerprint density at radius 3 is 2.48 bits per heavy atom. The number of rotatable bonds is 6. The minimum absolute atomic E-state index is 0.00489. The average Bonchev–Trinajstić information content (AvgIpc) is 3.29. The molecule has 1 aliphatic heterocycles. The Hall–Kier alpha value is -2.92. The van der Waals surface area contributed by atoms with Crippen LogP contribution in [0.5, 0.6) is 0 Å². The molecule has 1 aliphatic rings. The fraction of sp³-hybridized carbons (Fsp3) is 0.308. The number of thiophene rings is 1. The molecule has 0 saturated carbocycles. The number of amides is 2. The van der Waals surface area contributed by atoms with Gasteiger partial charge >= 0.3 is 0 Å². The van der Waals surface area contributed by atoms with Crippen molar-refractivity contribution in [2.75, 3.05) is 6.54 Å². The summed E-state index contributed by atoms with van der Waals surface area (Å²) < 4.78 is 0. The molecule has 3 aromatic rings. The van der Waals surface area contributed by atoms with Gasteiger partial charge in [-0.2, -0.15) is 0 Å². The van der Waals surface area contributed by atoms with Crippen molar-refractivity contribution in [2.45, 2.75) is 39.3 Å². The van der Waals surface area contributed by atoms with Gasteiger partial charge in [0.25, 0.3) is 5.91 Å². The summed E-state index contributed by atoms with van der Waals surface area (Å²) in [5.74, 6) is -0.192. The zero-order valence-corrected chi connectivity index (χ0v) is 19.0. The van der Waals surface area contributed by atoms with Gasteiger partial charge in [-0.15, -0.1) is 11.3 Å². The molecule has 160 valence electrons. The molecule has 0 radical (unpaired) electrons. The predicted octanol–water partition coefficient (Wildman–Crippen LogP) is 5.31. The summed E-state index contributed by atoms with van der Waals surface area (Å²) in [6, 6.07) is 19.4. The number of fused-ring (bicyclic) bond motifs is 1. The average molecular weight is 433 g/mol. The summed E-state index contributed by atoms with van der Waals surface area (Å²) in [5.41, 5.74) is 3.70. The van der Waals surface area contributed by atoms with Crippen LogP contribution in [0.25, 0.3) is 0 Å². The minimum Gasteiger partial charge on any atom is -0.351 e. The van der Waals surface area contributed by atoms with Crippen molar-refractivity contribution in [1.82, 2.24) is 10.2 Å². The summed E-state index contributed by atoms with van der Waals surface area (Å²) in [6.07, 6.45) is 0. The Kier molecular flexibility index (Phi) is 6.23. The number of aryl methyl sites for hydroxylation is 1. The first-order valence-corrected chi connectivity index (χ1v) is 11.6. The summed E-state index contributed by atoms with van der Waals surface area (Å²) in [7, 11) is 0. The molecule has 4 nitrogen and oxygen atoms in total. The van der Waals surface area contributed by atoms with E-state index >= 15 is 0 Å². The van der Waals surface area contributed by atoms with E-state index in [1.807, 2.05) is 65.7 Å². The monoisotopic (exact) mass is 432 g/mol. The first kappa shape index (κ1) is 21.3. The molecule has 1 aromatic heterocycles. The normalized spacial score (nSPS) is 18.2. The minimum atomic E-state index is -0.447. The third-order valence-corrected chi connectivity index (χ3v) is 6.65. The third-order valence-electron chi connectivity index (χ3n) is 5.70. The Morgan fingerprint density at radius 1 is 1.06 bits per heavy atom. The van der Waals surface area contributed by atoms with E-state index in [1.54, 1.807) is 11.3 Å². The zero-order valence-electron chi connectivity index (χ0n) is 18.2. The van der Waals surface area contributed by atoms with Crippen LogP contribution < -0.4 is 5.32 Å². The second-order valence-electron chi connectivity index (χ2n) is 8.58. The van der Waals surface area contributed by atoms with Crippen molar-refractivity contribution in [2.24, 2.45) is 5.92 Å². The second-order valence-corrected chi connectivity index (χ2v) is 9.56. The molecular formula is C26H28N2O2S. The van der Waals surface area contributed by atoms with Crippen LogP contribution in [-0.2, 0) is 11.3 Å². The van der Waals surface area contributed by atoms with Gasteiger partial charge < -0.3 is 10.2 Å². The number of carbonyl (C=O) groups is 2. The quantitative estimate of drug-likeness (QED) is 0.574. The highest BCUT2D eigenvalue weighted by Gasteiger charge is 2.44. The maximum atomic E-state index is 13.6. The van der Waals surface area contributed by atoms with Crippen molar-refractivity contribution in [1.29, 1.82) is 0 Å². The summed E-state index contributed by atoms with van der Waals surface area (Å²) in [6.45, 7) is 7.33. The van der Waals surface area contributed by atoms with E-state index in [4.69, 9.17) is 0 Å². The van der Waals surface area contributed by atoms with Gasteiger partial charge in [-0.25, -0.2) is 0 Å². The SMILES string of the molecule is Cc1ccc(CNC(=O)[C@H]2c3ccccc3C(=O)N(CC(C)C)[C@@H]2c2cccs2)cc1. The van der Waals surface area contributed by atoms with Gasteiger partial charge in [0.1, 0.15) is 0 Å². The summed E-state index contributed by atoms with van der Waals surface area (Å²) >= 11 is 1.60. The smallest absolute Gasteiger partial charge is 0.254 e. The maximum Gasteiger partial charge on any atom is 0.254 e. The number of hydrogen-bond donors (Lipinski definition) is 1. The molecule has 0 spiro atoms. The van der Waals surface area contributed by atoms with E-state index in [9.17, 15) is 9.59 Å². The van der Waals surface area contributed by atoms with Gasteiger partial charge in [-0.05, 0) is 41.5 Å². The number of carbonyl (C=O) groups excluding carboxylic acids is 2. The highest BCUT2D eigenvalue weighted by molar-refractivity contribution is 7.10. The van der Waals surface area contributed by atoms with Crippen LogP contribution >= 0.6 is 11.3 Å². The van der Waals surface area contributed by atoms with Gasteiger partial charge in [0.2, 0.25) is 5.91 Å². The van der Waals surface area contributed by atoms with Gasteiger partial charge in [-0.1, -0.05) is 67.9 Å². The molecule has 0 bridgehead atoms. The van der Waals surface area contributed by atoms with E-state index < -0.39 is 5.92 Å². The molecule has 5 heteroatoms. The second kappa shape index (κ2) is 9.06. The van der Waals surface area contributed by atoms with Gasteiger partial charge in [0.05, 0.1) is 12.0 Å². The van der Waals surface area contributed by atoms with Crippen LogP contribution in [-0.4, -0.2) is 23.3 Å². The van der Waals surface area contributed by atoms with Crippen LogP contribution in [0.1, 0.15) is 57.7 Å². The van der Waals surface area contributed by atoms with Crippen molar-refractivity contribution in [3.8, 4) is 0 Å². The number of hydrogen-bond acceptors (Lipinski definition) is 3. The summed E-state index contributed by atoms with van der Waals surface area (Å²) in [4.78, 5) is 30.0. The van der Waals surface area contributed by atoms with Crippen LogP contribution in [0, 0.1) is 12.8 Å². The molecule has 2 heterocycles. The molecule has 1 N–H and O–H groups in total. The molecule has 31 heavy (non-hydrogen) atoms. The Balaban J connectivity index is 1.72. The van der Waals surface area contributed by atoms with Crippen molar-refractivity contribution < 1.29 is 9.59 Å². The molecular weight excluding hydrogens is 404 g/mol. The first-order valence-electron chi connectivity index (χ1n) is 10.7. The predicted molar refractivity (Wildman–Crippen MR) is 125 cm³/mol. The molecule has 0 saturated heterocycles. The van der Waals surface area contributed by atoms with E-state index in [0.29, 0.717) is 24.6 Å². The Bertz CT molecular complexity index is 1060. The van der Waals surface area contributed by atoms with Crippen LogP contribution in [0.4, 0.5) is 0 Å². The van der Waals surface area contributed by atoms with Crippen molar-refractivity contribution in [3.63, 3.8) is 0 Å². The van der Waals surface area contributed by atoms with Crippen LogP contribution in [0.3, 0.4) is 0 Å². The lowest BCUT2D eigenvalue weighted by Crippen LogP contribution is -2.48. The topological polar surface area (TPSA) is 49.4 Å². The van der Waals surface area contributed by atoms with E-state index in [0.717, 1.165) is 16.0 Å². The van der Waals surface area contributed by atoms with E-state index in [-0.39, 0.29) is 17.9 Å². The van der Waals surface area contributed by atoms with Gasteiger partial charge in [0.15, 0.2) is 0 Å². The highest BCUT2D eigenvalue weighted by atomic mass is 32.1. The lowest BCUT2D eigenvalue weighted by atomic mass is 9.81. The number of nitrogens with zero attached hydrogens (tertiary/aromatic N) is 1. The number of nitrogens with one attached hydrogen (secondary N) is 1. The maximum absolute atomic E-state index is 13.6. The molecule has 0 fully saturated rings.